The first-order valence-corrected chi connectivity index (χ1v) is 11.0. The van der Waals surface area contributed by atoms with Crippen molar-refractivity contribution in [1.29, 1.82) is 0 Å². The molecule has 0 aromatic heterocycles. The average molecular weight is 410 g/mol. The third-order valence-corrected chi connectivity index (χ3v) is 7.07. The van der Waals surface area contributed by atoms with Gasteiger partial charge < -0.3 is 14.8 Å². The van der Waals surface area contributed by atoms with Gasteiger partial charge in [0.25, 0.3) is 5.91 Å². The van der Waals surface area contributed by atoms with E-state index in [9.17, 15) is 18.0 Å². The summed E-state index contributed by atoms with van der Waals surface area (Å²) in [7, 11) is -3.70. The molecule has 8 nitrogen and oxygen atoms in total. The number of hydrogen-bond donors (Lipinski definition) is 1. The summed E-state index contributed by atoms with van der Waals surface area (Å²) in [5.41, 5.74) is -0.837. The maximum Gasteiger partial charge on any atom is 0.331 e. The summed E-state index contributed by atoms with van der Waals surface area (Å²) >= 11 is 0. The summed E-state index contributed by atoms with van der Waals surface area (Å²) in [6.45, 7) is 3.23. The van der Waals surface area contributed by atoms with Crippen LogP contribution in [0.4, 0.5) is 0 Å². The Morgan fingerprint density at radius 2 is 1.89 bits per heavy atom. The molecule has 1 aliphatic heterocycles. The predicted molar refractivity (Wildman–Crippen MR) is 101 cm³/mol. The van der Waals surface area contributed by atoms with E-state index in [2.05, 4.69) is 5.32 Å². The third-order valence-electron chi connectivity index (χ3n) is 5.18. The lowest BCUT2D eigenvalue weighted by Gasteiger charge is -2.28. The van der Waals surface area contributed by atoms with Crippen molar-refractivity contribution < 1.29 is 27.5 Å². The van der Waals surface area contributed by atoms with Gasteiger partial charge in [-0.05, 0) is 38.0 Å². The van der Waals surface area contributed by atoms with E-state index in [0.717, 1.165) is 12.8 Å². The summed E-state index contributed by atoms with van der Waals surface area (Å²) in [4.78, 5) is 25.3. The van der Waals surface area contributed by atoms with Crippen molar-refractivity contribution >= 4 is 21.9 Å². The van der Waals surface area contributed by atoms with Gasteiger partial charge in [0.15, 0.2) is 0 Å². The summed E-state index contributed by atoms with van der Waals surface area (Å²) < 4.78 is 37.4. The minimum absolute atomic E-state index is 0.0543. The number of amides is 1. The van der Waals surface area contributed by atoms with Crippen LogP contribution in [0.5, 0.6) is 0 Å². The molecule has 1 amide bonds. The van der Waals surface area contributed by atoms with E-state index in [-0.39, 0.29) is 30.2 Å². The van der Waals surface area contributed by atoms with Crippen LogP contribution < -0.4 is 5.32 Å². The summed E-state index contributed by atoms with van der Waals surface area (Å²) in [5.74, 6) is -0.910. The molecule has 0 radical (unpaired) electrons. The number of benzene rings is 1. The summed E-state index contributed by atoms with van der Waals surface area (Å²) in [5, 5.41) is 2.81. The maximum atomic E-state index is 12.8. The molecule has 1 saturated carbocycles. The van der Waals surface area contributed by atoms with E-state index in [0.29, 0.717) is 26.1 Å². The van der Waals surface area contributed by atoms with E-state index < -0.39 is 27.4 Å². The van der Waals surface area contributed by atoms with Gasteiger partial charge in [0.2, 0.25) is 10.0 Å². The van der Waals surface area contributed by atoms with Crippen LogP contribution in [0.25, 0.3) is 0 Å². The van der Waals surface area contributed by atoms with E-state index in [1.54, 1.807) is 13.0 Å². The Hall–Kier alpha value is -1.97. The van der Waals surface area contributed by atoms with Crippen molar-refractivity contribution in [3.63, 3.8) is 0 Å². The Kier molecular flexibility index (Phi) is 6.36. The number of carbonyl (C=O) groups is 2. The van der Waals surface area contributed by atoms with Crippen molar-refractivity contribution in [2.24, 2.45) is 0 Å². The fourth-order valence-electron chi connectivity index (χ4n) is 3.65. The lowest BCUT2D eigenvalue weighted by atomic mass is 9.97. The van der Waals surface area contributed by atoms with Crippen molar-refractivity contribution in [3.8, 4) is 0 Å². The second kappa shape index (κ2) is 8.59. The molecule has 1 aromatic rings. The lowest BCUT2D eigenvalue weighted by Crippen LogP contribution is -2.53. The highest BCUT2D eigenvalue weighted by Gasteiger charge is 2.44. The van der Waals surface area contributed by atoms with Crippen LogP contribution in [0.2, 0.25) is 0 Å². The molecule has 2 aliphatic rings. The SMILES string of the molecule is CCOC(=O)C1(NC(=O)c2cccc(S(=O)(=O)N3CCOCC3)c2)CCCC1. The van der Waals surface area contributed by atoms with Gasteiger partial charge >= 0.3 is 5.97 Å². The molecule has 0 unspecified atom stereocenters. The Bertz CT molecular complexity index is 827. The molecule has 0 spiro atoms. The van der Waals surface area contributed by atoms with E-state index >= 15 is 0 Å². The number of rotatable bonds is 6. The smallest absolute Gasteiger partial charge is 0.331 e. The Labute approximate surface area is 165 Å². The van der Waals surface area contributed by atoms with Gasteiger partial charge in [-0.25, -0.2) is 13.2 Å². The van der Waals surface area contributed by atoms with Gasteiger partial charge in [-0.1, -0.05) is 18.9 Å². The van der Waals surface area contributed by atoms with Crippen molar-refractivity contribution in [2.45, 2.75) is 43.0 Å². The largest absolute Gasteiger partial charge is 0.464 e. The number of nitrogens with one attached hydrogen (secondary N) is 1. The average Bonchev–Trinajstić information content (AvgIpc) is 3.19. The Morgan fingerprint density at radius 1 is 1.21 bits per heavy atom. The van der Waals surface area contributed by atoms with E-state index in [1.807, 2.05) is 0 Å². The van der Waals surface area contributed by atoms with Crippen LogP contribution in [-0.2, 0) is 24.3 Å². The van der Waals surface area contributed by atoms with Crippen LogP contribution in [0, 0.1) is 0 Å². The third kappa shape index (κ3) is 4.21. The number of ether oxygens (including phenoxy) is 2. The van der Waals surface area contributed by atoms with Crippen LogP contribution in [-0.4, -0.2) is 63.0 Å². The molecule has 1 N–H and O–H groups in total. The predicted octanol–water partition coefficient (Wildman–Crippen LogP) is 1.31. The molecule has 0 bridgehead atoms. The van der Waals surface area contributed by atoms with E-state index in [1.165, 1.54) is 22.5 Å². The number of hydrogen-bond acceptors (Lipinski definition) is 6. The lowest BCUT2D eigenvalue weighted by molar-refractivity contribution is -0.150. The zero-order chi connectivity index (χ0) is 20.2. The Morgan fingerprint density at radius 3 is 2.54 bits per heavy atom. The van der Waals surface area contributed by atoms with Gasteiger partial charge in [0, 0.05) is 18.7 Å². The standard InChI is InChI=1S/C19H26N2O6S/c1-2-27-18(23)19(8-3-4-9-19)20-17(22)15-6-5-7-16(14-15)28(24,25)21-10-12-26-13-11-21/h5-7,14H,2-4,8-13H2,1H3,(H,20,22). The molecule has 9 heteroatoms. The maximum absolute atomic E-state index is 12.8. The first-order valence-electron chi connectivity index (χ1n) is 9.57. The van der Waals surface area contributed by atoms with E-state index in [4.69, 9.17) is 9.47 Å². The van der Waals surface area contributed by atoms with Gasteiger partial charge in [-0.2, -0.15) is 4.31 Å². The van der Waals surface area contributed by atoms with Gasteiger partial charge in [-0.3, -0.25) is 4.79 Å². The second-order valence-electron chi connectivity index (χ2n) is 7.01. The highest BCUT2D eigenvalue weighted by atomic mass is 32.2. The number of sulfonamides is 1. The molecule has 0 atom stereocenters. The number of esters is 1. The molecule has 1 saturated heterocycles. The van der Waals surface area contributed by atoms with Crippen molar-refractivity contribution in [2.75, 3.05) is 32.9 Å². The molecular weight excluding hydrogens is 384 g/mol. The minimum Gasteiger partial charge on any atom is -0.464 e. The number of nitrogens with zero attached hydrogens (tertiary/aromatic N) is 1. The van der Waals surface area contributed by atoms with Gasteiger partial charge in [-0.15, -0.1) is 0 Å². The van der Waals surface area contributed by atoms with Crippen molar-refractivity contribution in [1.82, 2.24) is 9.62 Å². The molecule has 1 aliphatic carbocycles. The van der Waals surface area contributed by atoms with Crippen LogP contribution in [0.15, 0.2) is 29.2 Å². The highest BCUT2D eigenvalue weighted by Crippen LogP contribution is 2.31. The van der Waals surface area contributed by atoms with Gasteiger partial charge in [0.1, 0.15) is 5.54 Å². The fraction of sp³-hybridized carbons (Fsp3) is 0.579. The van der Waals surface area contributed by atoms with Crippen molar-refractivity contribution in [3.05, 3.63) is 29.8 Å². The molecule has 1 aromatic carbocycles. The molecule has 1 heterocycles. The first-order chi connectivity index (χ1) is 13.4. The molecule has 28 heavy (non-hydrogen) atoms. The van der Waals surface area contributed by atoms with Gasteiger partial charge in [0.05, 0.1) is 24.7 Å². The number of morpholine rings is 1. The molecular formula is C19H26N2O6S. The molecule has 2 fully saturated rings. The van der Waals surface area contributed by atoms with Crippen LogP contribution >= 0.6 is 0 Å². The first kappa shape index (κ1) is 20.8. The quantitative estimate of drug-likeness (QED) is 0.710. The Balaban J connectivity index is 1.81. The van der Waals surface area contributed by atoms with Crippen LogP contribution in [0.3, 0.4) is 0 Å². The summed E-state index contributed by atoms with van der Waals surface area (Å²) in [6.07, 6.45) is 2.68. The van der Waals surface area contributed by atoms with Crippen LogP contribution in [0.1, 0.15) is 43.0 Å². The molecule has 3 rings (SSSR count). The minimum atomic E-state index is -3.70. The second-order valence-corrected chi connectivity index (χ2v) is 8.95. The molecule has 154 valence electrons. The zero-order valence-electron chi connectivity index (χ0n) is 16.0. The number of carbonyl (C=O) groups excluding carboxylic acids is 2. The monoisotopic (exact) mass is 410 g/mol. The topological polar surface area (TPSA) is 102 Å². The highest BCUT2D eigenvalue weighted by molar-refractivity contribution is 7.89. The fourth-order valence-corrected chi connectivity index (χ4v) is 5.11. The summed E-state index contributed by atoms with van der Waals surface area (Å²) in [6, 6.07) is 5.90. The normalized spacial score (nSPS) is 19.9. The zero-order valence-corrected chi connectivity index (χ0v) is 16.8.